The highest BCUT2D eigenvalue weighted by Crippen LogP contribution is 2.54. The van der Waals surface area contributed by atoms with Crippen LogP contribution in [0.2, 0.25) is 0 Å². The molecule has 90 valence electrons. The van der Waals surface area contributed by atoms with E-state index in [2.05, 4.69) is 22.0 Å². The van der Waals surface area contributed by atoms with Crippen molar-refractivity contribution in [1.82, 2.24) is 0 Å². The first-order valence-electron chi connectivity index (χ1n) is 5.66. The van der Waals surface area contributed by atoms with Crippen LogP contribution >= 0.6 is 15.9 Å². The predicted molar refractivity (Wildman–Crippen MR) is 64.5 cm³/mol. The van der Waals surface area contributed by atoms with Crippen molar-refractivity contribution in [2.75, 3.05) is 0 Å². The zero-order valence-electron chi connectivity index (χ0n) is 9.62. The van der Waals surface area contributed by atoms with E-state index in [0.29, 0.717) is 6.42 Å². The first kappa shape index (κ1) is 12.1. The molecule has 0 radical (unpaired) electrons. The molecule has 0 aromatic heterocycles. The van der Waals surface area contributed by atoms with Crippen molar-refractivity contribution in [3.8, 4) is 0 Å². The molecule has 2 atom stereocenters. The van der Waals surface area contributed by atoms with E-state index in [0.717, 1.165) is 23.7 Å². The van der Waals surface area contributed by atoms with E-state index < -0.39 is 11.4 Å². The van der Waals surface area contributed by atoms with Crippen LogP contribution in [0.25, 0.3) is 0 Å². The Morgan fingerprint density at radius 2 is 2.44 bits per heavy atom. The van der Waals surface area contributed by atoms with Gasteiger partial charge in [0, 0.05) is 4.48 Å². The number of epoxide rings is 1. The topological polar surface area (TPSA) is 49.8 Å². The first-order valence-corrected chi connectivity index (χ1v) is 6.45. The second kappa shape index (κ2) is 3.84. The highest BCUT2D eigenvalue weighted by Gasteiger charge is 2.60. The Bertz CT molecular complexity index is 348. The zero-order valence-corrected chi connectivity index (χ0v) is 11.2. The third-order valence-corrected chi connectivity index (χ3v) is 4.57. The Labute approximate surface area is 104 Å². The molecule has 0 aromatic carbocycles. The van der Waals surface area contributed by atoms with Gasteiger partial charge in [-0.3, -0.25) is 4.79 Å². The lowest BCUT2D eigenvalue weighted by Crippen LogP contribution is -2.28. The zero-order chi connectivity index (χ0) is 12.0. The van der Waals surface area contributed by atoms with Crippen LogP contribution in [-0.4, -0.2) is 22.8 Å². The van der Waals surface area contributed by atoms with E-state index in [9.17, 15) is 4.79 Å². The molecule has 1 fully saturated rings. The molecule has 1 spiro atoms. The summed E-state index contributed by atoms with van der Waals surface area (Å²) in [5.41, 5.74) is -0.899. The minimum atomic E-state index is -0.755. The Balaban J connectivity index is 2.04. The Kier molecular flexibility index (Phi) is 2.91. The minimum Gasteiger partial charge on any atom is -0.481 e. The monoisotopic (exact) mass is 288 g/mol. The highest BCUT2D eigenvalue weighted by molar-refractivity contribution is 9.11. The maximum atomic E-state index is 11.1. The van der Waals surface area contributed by atoms with Crippen molar-refractivity contribution in [2.45, 2.75) is 51.2 Å². The molecule has 2 rings (SSSR count). The van der Waals surface area contributed by atoms with Crippen molar-refractivity contribution < 1.29 is 14.6 Å². The van der Waals surface area contributed by atoms with Gasteiger partial charge in [0.2, 0.25) is 0 Å². The fourth-order valence-electron chi connectivity index (χ4n) is 2.29. The van der Waals surface area contributed by atoms with E-state index in [4.69, 9.17) is 9.84 Å². The van der Waals surface area contributed by atoms with E-state index in [1.165, 1.54) is 0 Å². The summed E-state index contributed by atoms with van der Waals surface area (Å²) in [6, 6.07) is 0. The molecule has 0 bridgehead atoms. The SMILES string of the molecule is CC(C)(C[C@H]1O[C@@]12CCCC=C2Br)C(=O)O. The quantitative estimate of drug-likeness (QED) is 0.812. The maximum absolute atomic E-state index is 11.1. The summed E-state index contributed by atoms with van der Waals surface area (Å²) in [7, 11) is 0. The van der Waals surface area contributed by atoms with E-state index in [-0.39, 0.29) is 11.7 Å². The third kappa shape index (κ3) is 1.93. The molecule has 3 nitrogen and oxygen atoms in total. The van der Waals surface area contributed by atoms with Crippen LogP contribution < -0.4 is 0 Å². The van der Waals surface area contributed by atoms with Gasteiger partial charge in [0.05, 0.1) is 11.5 Å². The van der Waals surface area contributed by atoms with Gasteiger partial charge in [-0.2, -0.15) is 0 Å². The van der Waals surface area contributed by atoms with Gasteiger partial charge in [-0.05, 0) is 39.5 Å². The first-order chi connectivity index (χ1) is 7.38. The van der Waals surface area contributed by atoms with Crippen molar-refractivity contribution >= 4 is 21.9 Å². The highest BCUT2D eigenvalue weighted by atomic mass is 79.9. The molecular formula is C12H17BrO3. The Morgan fingerprint density at radius 3 is 3.00 bits per heavy atom. The van der Waals surface area contributed by atoms with Crippen LogP contribution in [0, 0.1) is 5.41 Å². The second-order valence-corrected chi connectivity index (χ2v) is 6.19. The van der Waals surface area contributed by atoms with Crippen LogP contribution in [0.4, 0.5) is 0 Å². The minimum absolute atomic E-state index is 0.0597. The number of halogens is 1. The number of rotatable bonds is 3. The molecule has 1 N–H and O–H groups in total. The smallest absolute Gasteiger partial charge is 0.309 e. The number of aliphatic carboxylic acids is 1. The van der Waals surface area contributed by atoms with E-state index in [1.807, 2.05) is 0 Å². The molecule has 1 aliphatic heterocycles. The summed E-state index contributed by atoms with van der Waals surface area (Å²) in [6.07, 6.45) is 6.00. The number of carboxylic acid groups (broad SMARTS) is 1. The van der Waals surface area contributed by atoms with Gasteiger partial charge in [-0.25, -0.2) is 0 Å². The van der Waals surface area contributed by atoms with E-state index in [1.54, 1.807) is 13.8 Å². The standard InChI is InChI=1S/C12H17BrO3/c1-11(2,10(14)15)7-9-12(16-9)6-4-3-5-8(12)13/h5,9H,3-4,6-7H2,1-2H3,(H,14,15)/t9-,12-/m1/s1. The predicted octanol–water partition coefficient (Wildman–Crippen LogP) is 3.09. The number of hydrogen-bond acceptors (Lipinski definition) is 2. The normalized spacial score (nSPS) is 33.7. The molecule has 16 heavy (non-hydrogen) atoms. The van der Waals surface area contributed by atoms with Crippen LogP contribution in [0.3, 0.4) is 0 Å². The average molecular weight is 289 g/mol. The number of hydrogen-bond donors (Lipinski definition) is 1. The summed E-state index contributed by atoms with van der Waals surface area (Å²) in [5.74, 6) is -0.755. The summed E-state index contributed by atoms with van der Waals surface area (Å²) in [6.45, 7) is 3.51. The summed E-state index contributed by atoms with van der Waals surface area (Å²) in [4.78, 5) is 11.1. The molecule has 1 saturated heterocycles. The Morgan fingerprint density at radius 1 is 1.75 bits per heavy atom. The maximum Gasteiger partial charge on any atom is 0.309 e. The molecule has 0 aromatic rings. The van der Waals surface area contributed by atoms with Gasteiger partial charge in [0.1, 0.15) is 5.60 Å². The summed E-state index contributed by atoms with van der Waals surface area (Å²) >= 11 is 3.55. The molecule has 0 saturated carbocycles. The molecular weight excluding hydrogens is 272 g/mol. The average Bonchev–Trinajstić information content (AvgIpc) is 2.84. The molecule has 2 aliphatic rings. The number of carbonyl (C=O) groups is 1. The second-order valence-electron chi connectivity index (χ2n) is 5.33. The Hall–Kier alpha value is -0.350. The van der Waals surface area contributed by atoms with Crippen molar-refractivity contribution in [3.05, 3.63) is 10.6 Å². The lowest BCUT2D eigenvalue weighted by atomic mass is 9.82. The van der Waals surface area contributed by atoms with Crippen LogP contribution in [-0.2, 0) is 9.53 Å². The van der Waals surface area contributed by atoms with Crippen LogP contribution in [0.1, 0.15) is 39.5 Å². The van der Waals surface area contributed by atoms with Gasteiger partial charge >= 0.3 is 5.97 Å². The summed E-state index contributed by atoms with van der Waals surface area (Å²) < 4.78 is 6.87. The molecule has 0 unspecified atom stereocenters. The lowest BCUT2D eigenvalue weighted by Gasteiger charge is -2.21. The van der Waals surface area contributed by atoms with Crippen molar-refractivity contribution in [2.24, 2.45) is 5.41 Å². The van der Waals surface area contributed by atoms with Crippen LogP contribution in [0.15, 0.2) is 10.6 Å². The third-order valence-electron chi connectivity index (χ3n) is 3.57. The molecule has 1 heterocycles. The van der Waals surface area contributed by atoms with Gasteiger partial charge < -0.3 is 9.84 Å². The molecule has 4 heteroatoms. The van der Waals surface area contributed by atoms with Gasteiger partial charge in [-0.15, -0.1) is 0 Å². The van der Waals surface area contributed by atoms with Crippen LogP contribution in [0.5, 0.6) is 0 Å². The van der Waals surface area contributed by atoms with Gasteiger partial charge in [0.15, 0.2) is 0 Å². The fraction of sp³-hybridized carbons (Fsp3) is 0.750. The lowest BCUT2D eigenvalue weighted by molar-refractivity contribution is -0.147. The summed E-state index contributed by atoms with van der Waals surface area (Å²) in [5, 5.41) is 9.09. The van der Waals surface area contributed by atoms with Crippen molar-refractivity contribution in [3.63, 3.8) is 0 Å². The van der Waals surface area contributed by atoms with Crippen molar-refractivity contribution in [1.29, 1.82) is 0 Å². The number of allylic oxidation sites excluding steroid dienone is 1. The molecule has 0 amide bonds. The fourth-order valence-corrected chi connectivity index (χ4v) is 3.07. The number of carboxylic acids is 1. The van der Waals surface area contributed by atoms with E-state index >= 15 is 0 Å². The van der Waals surface area contributed by atoms with Gasteiger partial charge in [-0.1, -0.05) is 22.0 Å². The number of ether oxygens (including phenoxy) is 1. The van der Waals surface area contributed by atoms with Gasteiger partial charge in [0.25, 0.3) is 0 Å². The largest absolute Gasteiger partial charge is 0.481 e. The molecule has 1 aliphatic carbocycles.